The van der Waals surface area contributed by atoms with Crippen LogP contribution in [-0.2, 0) is 25.5 Å². The van der Waals surface area contributed by atoms with Gasteiger partial charge in [-0.05, 0) is 23.1 Å². The zero-order valence-electron chi connectivity index (χ0n) is 15.9. The lowest BCUT2D eigenvalue weighted by atomic mass is 9.87. The largest absolute Gasteiger partial charge is 0.299 e. The molecule has 26 heavy (non-hydrogen) atoms. The highest BCUT2D eigenvalue weighted by Gasteiger charge is 2.23. The monoisotopic (exact) mass is 403 g/mol. The Morgan fingerprint density at radius 1 is 0.962 bits per heavy atom. The van der Waals surface area contributed by atoms with Crippen LogP contribution in [0.2, 0.25) is 0 Å². The van der Waals surface area contributed by atoms with E-state index in [1.54, 1.807) is 12.1 Å². The van der Waals surface area contributed by atoms with Crippen LogP contribution in [-0.4, -0.2) is 71.6 Å². The lowest BCUT2D eigenvalue weighted by Gasteiger charge is -2.33. The molecule has 7 nitrogen and oxygen atoms in total. The lowest BCUT2D eigenvalue weighted by molar-refractivity contribution is 0.192. The number of hydrogen-bond acceptors (Lipinski definition) is 5. The first-order chi connectivity index (χ1) is 11.9. The van der Waals surface area contributed by atoms with Crippen molar-refractivity contribution in [2.75, 3.05) is 45.5 Å². The van der Waals surface area contributed by atoms with E-state index in [-0.39, 0.29) is 10.3 Å². The van der Waals surface area contributed by atoms with E-state index in [9.17, 15) is 16.8 Å². The summed E-state index contributed by atoms with van der Waals surface area (Å²) in [5, 5.41) is 0. The summed E-state index contributed by atoms with van der Waals surface area (Å²) in [5.74, 6) is 0. The molecule has 0 spiro atoms. The molecule has 1 fully saturated rings. The molecular weight excluding hydrogens is 374 g/mol. The van der Waals surface area contributed by atoms with E-state index < -0.39 is 20.0 Å². The summed E-state index contributed by atoms with van der Waals surface area (Å²) in [6, 6.07) is 6.96. The fraction of sp³-hybridized carbons (Fsp3) is 0.647. The van der Waals surface area contributed by atoms with Gasteiger partial charge in [0.2, 0.25) is 20.0 Å². The van der Waals surface area contributed by atoms with Crippen LogP contribution in [0.15, 0.2) is 29.2 Å². The summed E-state index contributed by atoms with van der Waals surface area (Å²) in [6.45, 7) is 9.19. The first-order valence-corrected chi connectivity index (χ1v) is 12.0. The van der Waals surface area contributed by atoms with Gasteiger partial charge in [-0.2, -0.15) is 4.31 Å². The number of rotatable bonds is 6. The average molecular weight is 404 g/mol. The molecule has 0 aliphatic carbocycles. The fourth-order valence-electron chi connectivity index (χ4n) is 2.84. The quantitative estimate of drug-likeness (QED) is 0.761. The van der Waals surface area contributed by atoms with Gasteiger partial charge in [-0.1, -0.05) is 32.9 Å². The molecule has 0 radical (unpaired) electrons. The molecule has 1 aliphatic rings. The first kappa shape index (κ1) is 21.3. The van der Waals surface area contributed by atoms with Crippen LogP contribution in [0, 0.1) is 0 Å². The van der Waals surface area contributed by atoms with Crippen molar-refractivity contribution in [2.45, 2.75) is 31.1 Å². The van der Waals surface area contributed by atoms with Gasteiger partial charge in [-0.25, -0.2) is 21.6 Å². The van der Waals surface area contributed by atoms with E-state index in [0.29, 0.717) is 39.3 Å². The molecular formula is C17H29N3O4S2. The molecule has 0 amide bonds. The van der Waals surface area contributed by atoms with Gasteiger partial charge in [0.05, 0.1) is 11.2 Å². The molecule has 0 saturated carbocycles. The second-order valence-electron chi connectivity index (χ2n) is 7.68. The smallest absolute Gasteiger partial charge is 0.240 e. The number of sulfonamides is 2. The summed E-state index contributed by atoms with van der Waals surface area (Å²) in [5.41, 5.74) is 1.06. The van der Waals surface area contributed by atoms with Crippen molar-refractivity contribution in [3.63, 3.8) is 0 Å². The van der Waals surface area contributed by atoms with Crippen LogP contribution in [0.4, 0.5) is 0 Å². The Kier molecular flexibility index (Phi) is 6.50. The number of piperazine rings is 1. The molecule has 1 aromatic carbocycles. The van der Waals surface area contributed by atoms with Crippen molar-refractivity contribution in [3.8, 4) is 0 Å². The van der Waals surface area contributed by atoms with Crippen molar-refractivity contribution >= 4 is 20.0 Å². The van der Waals surface area contributed by atoms with E-state index in [0.717, 1.165) is 5.56 Å². The van der Waals surface area contributed by atoms with Gasteiger partial charge in [0.1, 0.15) is 0 Å². The van der Waals surface area contributed by atoms with E-state index in [4.69, 9.17) is 0 Å². The molecule has 0 atom stereocenters. The summed E-state index contributed by atoms with van der Waals surface area (Å²) >= 11 is 0. The van der Waals surface area contributed by atoms with Gasteiger partial charge >= 0.3 is 0 Å². The van der Waals surface area contributed by atoms with E-state index in [1.807, 2.05) is 12.1 Å². The Morgan fingerprint density at radius 2 is 1.50 bits per heavy atom. The third-order valence-corrected chi connectivity index (χ3v) is 7.33. The Balaban J connectivity index is 1.85. The second kappa shape index (κ2) is 7.93. The maximum absolute atomic E-state index is 12.4. The van der Waals surface area contributed by atoms with Gasteiger partial charge in [0.15, 0.2) is 0 Å². The third kappa shape index (κ3) is 5.75. The Hall–Kier alpha value is -1.00. The molecule has 0 aromatic heterocycles. The zero-order valence-corrected chi connectivity index (χ0v) is 17.5. The van der Waals surface area contributed by atoms with Crippen LogP contribution < -0.4 is 4.72 Å². The molecule has 1 heterocycles. The highest BCUT2D eigenvalue weighted by molar-refractivity contribution is 7.89. The van der Waals surface area contributed by atoms with Gasteiger partial charge in [0, 0.05) is 39.3 Å². The maximum atomic E-state index is 12.4. The zero-order chi connectivity index (χ0) is 19.6. The second-order valence-corrected chi connectivity index (χ2v) is 11.4. The van der Waals surface area contributed by atoms with E-state index >= 15 is 0 Å². The minimum absolute atomic E-state index is 0.0240. The van der Waals surface area contributed by atoms with Crippen LogP contribution in [0.5, 0.6) is 0 Å². The van der Waals surface area contributed by atoms with Crippen molar-refractivity contribution in [1.82, 2.24) is 13.9 Å². The standard InChI is InChI=1S/C17H29N3O4S2/c1-17(2,3)15-5-7-16(8-6-15)26(23,24)18-9-10-19-11-13-20(14-12-19)25(4,21)22/h5-8,18H,9-14H2,1-4H3. The van der Waals surface area contributed by atoms with Gasteiger partial charge in [-0.15, -0.1) is 0 Å². The predicted octanol–water partition coefficient (Wildman–Crippen LogP) is 0.840. The highest BCUT2D eigenvalue weighted by atomic mass is 32.2. The minimum atomic E-state index is -3.54. The maximum Gasteiger partial charge on any atom is 0.240 e. The van der Waals surface area contributed by atoms with Crippen molar-refractivity contribution in [1.29, 1.82) is 0 Å². The highest BCUT2D eigenvalue weighted by Crippen LogP contribution is 2.23. The van der Waals surface area contributed by atoms with Crippen LogP contribution >= 0.6 is 0 Å². The number of nitrogens with zero attached hydrogens (tertiary/aromatic N) is 2. The average Bonchev–Trinajstić information content (AvgIpc) is 2.54. The van der Waals surface area contributed by atoms with E-state index in [1.165, 1.54) is 10.6 Å². The summed E-state index contributed by atoms with van der Waals surface area (Å²) in [7, 11) is -6.69. The number of hydrogen-bond donors (Lipinski definition) is 1. The van der Waals surface area contributed by atoms with Crippen LogP contribution in [0.25, 0.3) is 0 Å². The molecule has 2 rings (SSSR count). The summed E-state index contributed by atoms with van der Waals surface area (Å²) in [6.07, 6.45) is 1.21. The summed E-state index contributed by atoms with van der Waals surface area (Å²) in [4.78, 5) is 2.32. The summed E-state index contributed by atoms with van der Waals surface area (Å²) < 4.78 is 51.9. The Bertz CT molecular complexity index is 805. The SMILES string of the molecule is CC(C)(C)c1ccc(S(=O)(=O)NCCN2CCN(S(C)(=O)=O)CC2)cc1. The van der Waals surface area contributed by atoms with E-state index in [2.05, 4.69) is 30.4 Å². The van der Waals surface area contributed by atoms with Gasteiger partial charge < -0.3 is 0 Å². The predicted molar refractivity (Wildman–Crippen MR) is 103 cm³/mol. The molecule has 1 saturated heterocycles. The Labute approximate surface area is 157 Å². The first-order valence-electron chi connectivity index (χ1n) is 8.67. The molecule has 148 valence electrons. The Morgan fingerprint density at radius 3 is 1.96 bits per heavy atom. The minimum Gasteiger partial charge on any atom is -0.299 e. The normalized spacial score (nSPS) is 18.2. The van der Waals surface area contributed by atoms with Crippen LogP contribution in [0.1, 0.15) is 26.3 Å². The fourth-order valence-corrected chi connectivity index (χ4v) is 4.69. The van der Waals surface area contributed by atoms with Crippen molar-refractivity contribution in [2.24, 2.45) is 0 Å². The lowest BCUT2D eigenvalue weighted by Crippen LogP contribution is -2.49. The van der Waals surface area contributed by atoms with Crippen molar-refractivity contribution < 1.29 is 16.8 Å². The molecule has 1 aromatic rings. The number of nitrogens with one attached hydrogen (secondary N) is 1. The van der Waals surface area contributed by atoms with Gasteiger partial charge in [-0.3, -0.25) is 4.90 Å². The topological polar surface area (TPSA) is 86.8 Å². The molecule has 0 unspecified atom stereocenters. The van der Waals surface area contributed by atoms with Gasteiger partial charge in [0.25, 0.3) is 0 Å². The van der Waals surface area contributed by atoms with Crippen LogP contribution in [0.3, 0.4) is 0 Å². The van der Waals surface area contributed by atoms with Crippen molar-refractivity contribution in [3.05, 3.63) is 29.8 Å². The molecule has 9 heteroatoms. The molecule has 0 bridgehead atoms. The number of benzene rings is 1. The molecule has 1 aliphatic heterocycles. The molecule has 1 N–H and O–H groups in total. The third-order valence-electron chi connectivity index (χ3n) is 4.55.